The molecule has 1 N–H and O–H groups in total. The normalized spacial score (nSPS) is 13.0. The van der Waals surface area contributed by atoms with Crippen molar-refractivity contribution in [2.45, 2.75) is 132 Å². The number of rotatable bonds is 10. The zero-order valence-electron chi connectivity index (χ0n) is 29.5. The maximum Gasteiger partial charge on any atom is 2.00 e. The predicted octanol–water partition coefficient (Wildman–Crippen LogP) is 10.6. The monoisotopic (exact) mass is 602 g/mol. The fraction of sp³-hybridized carbons (Fsp3) is 0.571. The Morgan fingerprint density at radius 1 is 0.634 bits per heavy atom. The molecule has 0 heterocycles. The molecule has 0 saturated carbocycles. The first-order valence-corrected chi connectivity index (χ1v) is 22.1. The molecule has 0 radical (unpaired) electrons. The van der Waals surface area contributed by atoms with Crippen molar-refractivity contribution in [2.75, 3.05) is 0 Å². The van der Waals surface area contributed by atoms with Gasteiger partial charge < -0.3 is 9.96 Å². The summed E-state index contributed by atoms with van der Waals surface area (Å²) >= 11 is 0. The van der Waals surface area contributed by atoms with Gasteiger partial charge in [0.1, 0.15) is 0 Å². The fourth-order valence-corrected chi connectivity index (χ4v) is 13.1. The van der Waals surface area contributed by atoms with Crippen molar-refractivity contribution in [3.63, 3.8) is 0 Å². The molecule has 0 aliphatic rings. The van der Waals surface area contributed by atoms with Crippen molar-refractivity contribution in [1.82, 2.24) is 0 Å². The first kappa shape index (κ1) is 39.8. The third-order valence-electron chi connectivity index (χ3n) is 6.42. The summed E-state index contributed by atoms with van der Waals surface area (Å²) in [6.45, 7) is 36.0. The number of hydrogen-bond acceptors (Lipinski definition) is 0. The molecule has 2 aromatic carbocycles. The van der Waals surface area contributed by atoms with Crippen molar-refractivity contribution < 1.29 is 4.99 Å². The third kappa shape index (κ3) is 14.2. The van der Waals surface area contributed by atoms with Crippen molar-refractivity contribution in [2.24, 2.45) is 0 Å². The van der Waals surface area contributed by atoms with E-state index in [1.165, 1.54) is 27.9 Å². The molecule has 0 aromatic heterocycles. The smallest absolute Gasteiger partial charge is 0.668 e. The van der Waals surface area contributed by atoms with Gasteiger partial charge in [-0.05, 0) is 29.7 Å². The molecule has 0 amide bonds. The Morgan fingerprint density at radius 2 is 0.976 bits per heavy atom. The van der Waals surface area contributed by atoms with Crippen LogP contribution in [0.15, 0.2) is 48.2 Å². The third-order valence-corrected chi connectivity index (χ3v) is 11.8. The van der Waals surface area contributed by atoms with E-state index >= 15 is 0 Å². The van der Waals surface area contributed by atoms with Crippen molar-refractivity contribution in [1.29, 1.82) is 0 Å². The summed E-state index contributed by atoms with van der Waals surface area (Å²) in [4.78, 5) is 3.71. The van der Waals surface area contributed by atoms with Gasteiger partial charge in [0.25, 0.3) is 0 Å². The number of nitrogens with one attached hydrogen (secondary N) is 1. The Labute approximate surface area is 272 Å². The fourth-order valence-electron chi connectivity index (χ4n) is 5.10. The van der Waals surface area contributed by atoms with Crippen molar-refractivity contribution in [3.05, 3.63) is 80.4 Å². The van der Waals surface area contributed by atoms with E-state index in [0.29, 0.717) is 23.7 Å². The quantitative estimate of drug-likeness (QED) is 0.208. The topological polar surface area (TPSA) is 42.2 Å². The standard InChI is InChI=1S/C29H41N2.C6H18NSi2.Mg/c1-18(2)24-13-11-14-25(19(3)4)28(24)30-22(9)17-23(10)31-29-26(20(5)6)15-12-16-27(29)21(7)8;1-8(2,3)7-9(4,5)6;/h11-21H,1-10H3;1-6H3;/q2*-1;+2/p+1/b22-17-,31-23?;;. The maximum absolute atomic E-state index is 5.10. The zero-order valence-corrected chi connectivity index (χ0v) is 32.9. The molecule has 2 aromatic rings. The van der Waals surface area contributed by atoms with Crippen LogP contribution in [0.4, 0.5) is 11.4 Å². The van der Waals surface area contributed by atoms with E-state index in [0.717, 1.165) is 17.1 Å². The zero-order chi connectivity index (χ0) is 31.0. The summed E-state index contributed by atoms with van der Waals surface area (Å²) in [5.74, 6) is 1.82. The Hall–Kier alpha value is -1.19. The molecule has 0 bridgehead atoms. The van der Waals surface area contributed by atoms with Crippen LogP contribution < -0.4 is 4.99 Å². The van der Waals surface area contributed by atoms with Gasteiger partial charge in [0, 0.05) is 18.1 Å². The van der Waals surface area contributed by atoms with Crippen LogP contribution in [0.25, 0.3) is 9.96 Å². The first-order chi connectivity index (χ1) is 18.2. The van der Waals surface area contributed by atoms with Crippen LogP contribution >= 0.6 is 0 Å². The van der Waals surface area contributed by atoms with Crippen LogP contribution in [0.5, 0.6) is 0 Å². The van der Waals surface area contributed by atoms with E-state index in [4.69, 9.17) is 9.96 Å². The SMILES string of the molecule is CC(/C=C(/C)[N-]c1c(C(C)C)cccc1C(C)C)=[NH+]c1c(C(C)C)cccc1C(C)C.C[Si](C)(C)[N-][Si](C)(C)C.[Mg+2]. The maximum atomic E-state index is 5.10. The second kappa shape index (κ2) is 17.2. The molecule has 0 unspecified atom stereocenters. The summed E-state index contributed by atoms with van der Waals surface area (Å²) in [6, 6.07) is 13.2. The Kier molecular flexibility index (Phi) is 16.7. The van der Waals surface area contributed by atoms with E-state index in [1.807, 2.05) is 0 Å². The molecule has 0 fully saturated rings. The predicted molar refractivity (Wildman–Crippen MR) is 193 cm³/mol. The van der Waals surface area contributed by atoms with Gasteiger partial charge in [-0.25, -0.2) is 4.99 Å². The van der Waals surface area contributed by atoms with Gasteiger partial charge >= 0.3 is 23.1 Å². The average Bonchev–Trinajstić information content (AvgIpc) is 2.76. The largest absolute Gasteiger partial charge is 2.00 e. The van der Waals surface area contributed by atoms with Crippen LogP contribution in [0.3, 0.4) is 0 Å². The summed E-state index contributed by atoms with van der Waals surface area (Å²) in [5, 5.41) is 5.10. The van der Waals surface area contributed by atoms with Crippen molar-refractivity contribution in [3.8, 4) is 0 Å². The van der Waals surface area contributed by atoms with Gasteiger partial charge in [-0.15, -0.1) is 5.69 Å². The van der Waals surface area contributed by atoms with Gasteiger partial charge in [0.15, 0.2) is 5.71 Å². The number of allylic oxidation sites excluding steroid dienone is 2. The number of benzene rings is 2. The average molecular weight is 603 g/mol. The van der Waals surface area contributed by atoms with E-state index < -0.39 is 16.5 Å². The number of hydrogen-bond donors (Lipinski definition) is 1. The number of para-hydroxylation sites is 2. The molecule has 6 heteroatoms. The van der Waals surface area contributed by atoms with Crippen LogP contribution in [0.2, 0.25) is 39.3 Å². The molecule has 0 aliphatic heterocycles. The minimum absolute atomic E-state index is 0. The molecule has 3 nitrogen and oxygen atoms in total. The first-order valence-electron chi connectivity index (χ1n) is 15.2. The second-order valence-electron chi connectivity index (χ2n) is 14.4. The van der Waals surface area contributed by atoms with Gasteiger partial charge in [-0.3, -0.25) is 0 Å². The minimum Gasteiger partial charge on any atom is -0.668 e. The van der Waals surface area contributed by atoms with E-state index in [-0.39, 0.29) is 23.1 Å². The molecule has 0 atom stereocenters. The summed E-state index contributed by atoms with van der Waals surface area (Å²) in [5.41, 5.74) is 9.88. The second-order valence-corrected chi connectivity index (χ2v) is 24.0. The molecule has 0 spiro atoms. The number of nitrogens with zero attached hydrogens (tertiary/aromatic N) is 2. The minimum atomic E-state index is -1.11. The molecule has 2 rings (SSSR count). The summed E-state index contributed by atoms with van der Waals surface area (Å²) < 4.78 is 4.82. The molecule has 224 valence electrons. The molecule has 0 aliphatic carbocycles. The molecular formula is C35H60MgN3Si2+. The van der Waals surface area contributed by atoms with Crippen molar-refractivity contribution >= 4 is 56.6 Å². The Balaban J connectivity index is 0.00000138. The van der Waals surface area contributed by atoms with Gasteiger partial charge in [0.05, 0.1) is 0 Å². The van der Waals surface area contributed by atoms with Crippen LogP contribution in [-0.4, -0.2) is 45.2 Å². The van der Waals surface area contributed by atoms with Gasteiger partial charge in [-0.2, -0.15) is 5.70 Å². The van der Waals surface area contributed by atoms with Crippen LogP contribution in [0.1, 0.15) is 115 Å². The molecule has 0 saturated heterocycles. The van der Waals surface area contributed by atoms with Gasteiger partial charge in [0.2, 0.25) is 5.69 Å². The molecular weight excluding hydrogens is 543 g/mol. The van der Waals surface area contributed by atoms with Gasteiger partial charge in [-0.1, -0.05) is 166 Å². The Morgan fingerprint density at radius 3 is 1.27 bits per heavy atom. The summed E-state index contributed by atoms with van der Waals surface area (Å²) in [6.07, 6.45) is 2.17. The summed E-state index contributed by atoms with van der Waals surface area (Å²) in [7, 11) is -2.21. The van der Waals surface area contributed by atoms with E-state index in [1.54, 1.807) is 0 Å². The van der Waals surface area contributed by atoms with Crippen LogP contribution in [0, 0.1) is 0 Å². The molecule has 41 heavy (non-hydrogen) atoms. The van der Waals surface area contributed by atoms with E-state index in [2.05, 4.69) is 156 Å². The van der Waals surface area contributed by atoms with E-state index in [9.17, 15) is 0 Å². The van der Waals surface area contributed by atoms with Crippen LogP contribution in [-0.2, 0) is 0 Å². The Bertz CT molecular complexity index is 1090.